The van der Waals surface area contributed by atoms with E-state index in [2.05, 4.69) is 43.4 Å². The Morgan fingerprint density at radius 3 is 2.59 bits per heavy atom. The van der Waals surface area contributed by atoms with Crippen LogP contribution in [0, 0.1) is 6.92 Å². The second kappa shape index (κ2) is 9.23. The van der Waals surface area contributed by atoms with Gasteiger partial charge < -0.3 is 5.32 Å². The first-order valence-electron chi connectivity index (χ1n) is 7.09. The molecule has 0 aliphatic carbocycles. The molecule has 0 bridgehead atoms. The van der Waals surface area contributed by atoms with E-state index in [1.54, 1.807) is 0 Å². The third-order valence-corrected chi connectivity index (χ3v) is 3.13. The average molecular weight is 233 g/mol. The van der Waals surface area contributed by atoms with Gasteiger partial charge in [-0.1, -0.05) is 62.4 Å². The van der Waals surface area contributed by atoms with Gasteiger partial charge in [-0.2, -0.15) is 0 Å². The molecule has 1 rings (SSSR count). The number of hydrogen-bond acceptors (Lipinski definition) is 1. The SMILES string of the molecule is CCCCCCCNCCc1cccc(C)c1. The third kappa shape index (κ3) is 7.17. The van der Waals surface area contributed by atoms with E-state index in [0.717, 1.165) is 13.0 Å². The van der Waals surface area contributed by atoms with Gasteiger partial charge in [-0.15, -0.1) is 0 Å². The molecule has 1 nitrogen and oxygen atoms in total. The van der Waals surface area contributed by atoms with Crippen LogP contribution in [-0.2, 0) is 6.42 Å². The van der Waals surface area contributed by atoms with Crippen molar-refractivity contribution in [2.45, 2.75) is 52.4 Å². The maximum atomic E-state index is 3.53. The normalized spacial score (nSPS) is 10.7. The summed E-state index contributed by atoms with van der Waals surface area (Å²) >= 11 is 0. The molecule has 1 N–H and O–H groups in total. The van der Waals surface area contributed by atoms with Crippen LogP contribution in [0.4, 0.5) is 0 Å². The second-order valence-electron chi connectivity index (χ2n) is 4.90. The van der Waals surface area contributed by atoms with Crippen LogP contribution in [0.1, 0.15) is 50.2 Å². The largest absolute Gasteiger partial charge is 0.316 e. The van der Waals surface area contributed by atoms with Crippen molar-refractivity contribution in [1.82, 2.24) is 5.32 Å². The Morgan fingerprint density at radius 2 is 1.82 bits per heavy atom. The number of rotatable bonds is 9. The van der Waals surface area contributed by atoms with Crippen molar-refractivity contribution in [1.29, 1.82) is 0 Å². The van der Waals surface area contributed by atoms with Crippen LogP contribution in [0.5, 0.6) is 0 Å². The van der Waals surface area contributed by atoms with E-state index >= 15 is 0 Å². The molecule has 1 aromatic carbocycles. The monoisotopic (exact) mass is 233 g/mol. The van der Waals surface area contributed by atoms with Crippen molar-refractivity contribution in [2.24, 2.45) is 0 Å². The van der Waals surface area contributed by atoms with Crippen molar-refractivity contribution in [3.8, 4) is 0 Å². The predicted octanol–water partition coefficient (Wildman–Crippen LogP) is 4.10. The number of nitrogens with one attached hydrogen (secondary N) is 1. The van der Waals surface area contributed by atoms with Crippen molar-refractivity contribution in [2.75, 3.05) is 13.1 Å². The molecule has 1 heteroatoms. The lowest BCUT2D eigenvalue weighted by molar-refractivity contribution is 0.584. The van der Waals surface area contributed by atoms with E-state index in [1.165, 1.54) is 49.8 Å². The van der Waals surface area contributed by atoms with Crippen molar-refractivity contribution in [3.05, 3.63) is 35.4 Å². The summed E-state index contributed by atoms with van der Waals surface area (Å²) < 4.78 is 0. The molecule has 0 aliphatic heterocycles. The molecular formula is C16H27N. The number of aryl methyl sites for hydroxylation is 1. The highest BCUT2D eigenvalue weighted by Gasteiger charge is 1.93. The molecule has 1 aromatic rings. The summed E-state index contributed by atoms with van der Waals surface area (Å²) in [4.78, 5) is 0. The second-order valence-corrected chi connectivity index (χ2v) is 4.90. The van der Waals surface area contributed by atoms with E-state index in [1.807, 2.05) is 0 Å². The van der Waals surface area contributed by atoms with Crippen LogP contribution in [0.15, 0.2) is 24.3 Å². The lowest BCUT2D eigenvalue weighted by Crippen LogP contribution is -2.18. The fraction of sp³-hybridized carbons (Fsp3) is 0.625. The third-order valence-electron chi connectivity index (χ3n) is 3.13. The Morgan fingerprint density at radius 1 is 1.00 bits per heavy atom. The minimum absolute atomic E-state index is 1.11. The molecule has 0 amide bonds. The fourth-order valence-electron chi connectivity index (χ4n) is 2.08. The van der Waals surface area contributed by atoms with E-state index in [9.17, 15) is 0 Å². The molecule has 0 aliphatic rings. The predicted molar refractivity (Wildman–Crippen MR) is 76.5 cm³/mol. The van der Waals surface area contributed by atoms with Gasteiger partial charge in [0, 0.05) is 0 Å². The molecule has 96 valence electrons. The maximum absolute atomic E-state index is 3.53. The Bertz CT molecular complexity index is 293. The minimum atomic E-state index is 1.11. The fourth-order valence-corrected chi connectivity index (χ4v) is 2.08. The topological polar surface area (TPSA) is 12.0 Å². The van der Waals surface area contributed by atoms with Gasteiger partial charge in [-0.05, 0) is 38.4 Å². The van der Waals surface area contributed by atoms with Crippen molar-refractivity contribution in [3.63, 3.8) is 0 Å². The molecule has 0 saturated heterocycles. The van der Waals surface area contributed by atoms with Gasteiger partial charge in [0.15, 0.2) is 0 Å². The van der Waals surface area contributed by atoms with E-state index in [-0.39, 0.29) is 0 Å². The molecule has 0 radical (unpaired) electrons. The summed E-state index contributed by atoms with van der Waals surface area (Å²) in [7, 11) is 0. The van der Waals surface area contributed by atoms with Crippen LogP contribution >= 0.6 is 0 Å². The molecule has 0 unspecified atom stereocenters. The van der Waals surface area contributed by atoms with Crippen molar-refractivity contribution >= 4 is 0 Å². The van der Waals surface area contributed by atoms with Gasteiger partial charge in [0.25, 0.3) is 0 Å². The molecular weight excluding hydrogens is 206 g/mol. The molecule has 0 spiro atoms. The zero-order valence-electron chi connectivity index (χ0n) is 11.5. The van der Waals surface area contributed by atoms with Crippen LogP contribution in [0.25, 0.3) is 0 Å². The molecule has 0 fully saturated rings. The van der Waals surface area contributed by atoms with Gasteiger partial charge in [0.2, 0.25) is 0 Å². The van der Waals surface area contributed by atoms with E-state index < -0.39 is 0 Å². The van der Waals surface area contributed by atoms with Crippen LogP contribution < -0.4 is 5.32 Å². The highest BCUT2D eigenvalue weighted by molar-refractivity contribution is 5.22. The van der Waals surface area contributed by atoms with Gasteiger partial charge in [0.1, 0.15) is 0 Å². The maximum Gasteiger partial charge on any atom is -0.000835 e. The number of unbranched alkanes of at least 4 members (excludes halogenated alkanes) is 4. The summed E-state index contributed by atoms with van der Waals surface area (Å²) in [6, 6.07) is 8.80. The number of hydrogen-bond donors (Lipinski definition) is 1. The van der Waals surface area contributed by atoms with Gasteiger partial charge in [-0.25, -0.2) is 0 Å². The minimum Gasteiger partial charge on any atom is -0.316 e. The molecule has 17 heavy (non-hydrogen) atoms. The first-order chi connectivity index (χ1) is 8.33. The Balaban J connectivity index is 1.97. The smallest absolute Gasteiger partial charge is 0.000835 e. The van der Waals surface area contributed by atoms with Crippen molar-refractivity contribution < 1.29 is 0 Å². The lowest BCUT2D eigenvalue weighted by atomic mass is 10.1. The van der Waals surface area contributed by atoms with E-state index in [0.29, 0.717) is 0 Å². The molecule has 0 heterocycles. The molecule has 0 aromatic heterocycles. The Hall–Kier alpha value is -0.820. The van der Waals surface area contributed by atoms with Crippen LogP contribution in [0.3, 0.4) is 0 Å². The molecule has 0 saturated carbocycles. The first kappa shape index (κ1) is 14.2. The van der Waals surface area contributed by atoms with Gasteiger partial charge >= 0.3 is 0 Å². The zero-order chi connectivity index (χ0) is 12.3. The van der Waals surface area contributed by atoms with Gasteiger partial charge in [-0.3, -0.25) is 0 Å². The number of benzene rings is 1. The summed E-state index contributed by atoms with van der Waals surface area (Å²) in [6.45, 7) is 6.71. The summed E-state index contributed by atoms with van der Waals surface area (Å²) in [5.41, 5.74) is 2.81. The van der Waals surface area contributed by atoms with Crippen LogP contribution in [0.2, 0.25) is 0 Å². The lowest BCUT2D eigenvalue weighted by Gasteiger charge is -2.05. The zero-order valence-corrected chi connectivity index (χ0v) is 11.5. The Kier molecular flexibility index (Phi) is 7.74. The molecule has 0 atom stereocenters. The highest BCUT2D eigenvalue weighted by atomic mass is 14.8. The first-order valence-corrected chi connectivity index (χ1v) is 7.09. The Labute approximate surface area is 107 Å². The quantitative estimate of drug-likeness (QED) is 0.633. The van der Waals surface area contributed by atoms with Crippen LogP contribution in [-0.4, -0.2) is 13.1 Å². The summed E-state index contributed by atoms with van der Waals surface area (Å²) in [5.74, 6) is 0. The standard InChI is InChI=1S/C16H27N/c1-3-4-5-6-7-12-17-13-11-16-10-8-9-15(2)14-16/h8-10,14,17H,3-7,11-13H2,1-2H3. The van der Waals surface area contributed by atoms with E-state index in [4.69, 9.17) is 0 Å². The average Bonchev–Trinajstić information content (AvgIpc) is 2.33. The highest BCUT2D eigenvalue weighted by Crippen LogP contribution is 2.04. The van der Waals surface area contributed by atoms with Gasteiger partial charge in [0.05, 0.1) is 0 Å². The summed E-state index contributed by atoms with van der Waals surface area (Å²) in [6.07, 6.45) is 7.98. The summed E-state index contributed by atoms with van der Waals surface area (Å²) in [5, 5.41) is 3.53.